The summed E-state index contributed by atoms with van der Waals surface area (Å²) < 4.78 is 0. The number of piperidine rings is 1. The lowest BCUT2D eigenvalue weighted by atomic mass is 9.87. The van der Waals surface area contributed by atoms with Gasteiger partial charge in [-0.1, -0.05) is 31.4 Å². The number of carbonyl (C=O) groups excluding carboxylic acids is 1. The molecule has 4 nitrogen and oxygen atoms in total. The van der Waals surface area contributed by atoms with Crippen molar-refractivity contribution in [1.82, 2.24) is 0 Å². The summed E-state index contributed by atoms with van der Waals surface area (Å²) in [5.74, 6) is 0.697. The third-order valence-electron chi connectivity index (χ3n) is 5.18. The van der Waals surface area contributed by atoms with Crippen LogP contribution in [-0.2, 0) is 4.79 Å². The number of para-hydroxylation sites is 2. The van der Waals surface area contributed by atoms with Gasteiger partial charge in [-0.3, -0.25) is 4.79 Å². The van der Waals surface area contributed by atoms with E-state index in [2.05, 4.69) is 16.3 Å². The van der Waals surface area contributed by atoms with E-state index in [1.54, 1.807) is 0 Å². The zero-order valence-corrected chi connectivity index (χ0v) is 13.8. The highest BCUT2D eigenvalue weighted by molar-refractivity contribution is 5.94. The molecule has 0 spiro atoms. The first-order chi connectivity index (χ1) is 11.2. The average Bonchev–Trinajstić information content (AvgIpc) is 2.57. The molecule has 0 aromatic heterocycles. The van der Waals surface area contributed by atoms with Crippen molar-refractivity contribution in [3.8, 4) is 0 Å². The molecule has 2 aliphatic rings. The third-order valence-corrected chi connectivity index (χ3v) is 5.18. The Morgan fingerprint density at radius 1 is 1.09 bits per heavy atom. The van der Waals surface area contributed by atoms with E-state index >= 15 is 0 Å². The largest absolute Gasteiger partial charge is 0.393 e. The molecular formula is C19H28N2O2. The maximum atomic E-state index is 12.4. The van der Waals surface area contributed by atoms with Crippen LogP contribution in [0.3, 0.4) is 0 Å². The van der Waals surface area contributed by atoms with E-state index in [1.807, 2.05) is 18.2 Å². The minimum Gasteiger partial charge on any atom is -0.393 e. The Morgan fingerprint density at radius 3 is 2.52 bits per heavy atom. The van der Waals surface area contributed by atoms with E-state index in [0.717, 1.165) is 37.3 Å². The maximum absolute atomic E-state index is 12.4. The topological polar surface area (TPSA) is 52.6 Å². The highest BCUT2D eigenvalue weighted by Crippen LogP contribution is 2.30. The van der Waals surface area contributed by atoms with Gasteiger partial charge in [0, 0.05) is 19.5 Å². The first-order valence-electron chi connectivity index (χ1n) is 9.04. The Labute approximate surface area is 138 Å². The molecule has 2 N–H and O–H groups in total. The number of nitrogens with zero attached hydrogens (tertiary/aromatic N) is 1. The number of aliphatic hydroxyl groups excluding tert-OH is 1. The van der Waals surface area contributed by atoms with E-state index in [-0.39, 0.29) is 12.0 Å². The number of hydrogen-bond donors (Lipinski definition) is 2. The van der Waals surface area contributed by atoms with Crippen molar-refractivity contribution in [2.45, 2.75) is 57.5 Å². The van der Waals surface area contributed by atoms with Gasteiger partial charge in [0.2, 0.25) is 5.91 Å². The summed E-state index contributed by atoms with van der Waals surface area (Å²) in [4.78, 5) is 14.7. The summed E-state index contributed by atoms with van der Waals surface area (Å²) in [7, 11) is 0. The zero-order valence-electron chi connectivity index (χ0n) is 13.8. The molecule has 1 saturated carbocycles. The van der Waals surface area contributed by atoms with Gasteiger partial charge in [-0.05, 0) is 43.7 Å². The van der Waals surface area contributed by atoms with E-state index in [4.69, 9.17) is 0 Å². The van der Waals surface area contributed by atoms with Gasteiger partial charge in [0.25, 0.3) is 0 Å². The summed E-state index contributed by atoms with van der Waals surface area (Å²) in [6.45, 7) is 1.69. The van der Waals surface area contributed by atoms with Crippen LogP contribution in [0, 0.1) is 5.92 Å². The number of aliphatic hydroxyl groups is 1. The summed E-state index contributed by atoms with van der Waals surface area (Å²) in [6.07, 6.45) is 8.30. The summed E-state index contributed by atoms with van der Waals surface area (Å²) in [5.41, 5.74) is 1.99. The van der Waals surface area contributed by atoms with Gasteiger partial charge in [-0.25, -0.2) is 0 Å². The van der Waals surface area contributed by atoms with Crippen molar-refractivity contribution < 1.29 is 9.90 Å². The number of nitrogens with one attached hydrogen (secondary N) is 1. The number of hydrogen-bond acceptors (Lipinski definition) is 3. The minimum atomic E-state index is -0.181. The van der Waals surface area contributed by atoms with Gasteiger partial charge in [-0.15, -0.1) is 0 Å². The van der Waals surface area contributed by atoms with Crippen LogP contribution in [0.1, 0.15) is 51.4 Å². The predicted octanol–water partition coefficient (Wildman–Crippen LogP) is 3.56. The molecule has 1 heterocycles. The fraction of sp³-hybridized carbons (Fsp3) is 0.632. The molecule has 1 aromatic carbocycles. The molecule has 1 saturated heterocycles. The highest BCUT2D eigenvalue weighted by Gasteiger charge is 2.21. The fourth-order valence-corrected chi connectivity index (χ4v) is 3.82. The normalized spacial score (nSPS) is 20.5. The van der Waals surface area contributed by atoms with Crippen LogP contribution >= 0.6 is 0 Å². The van der Waals surface area contributed by atoms with Gasteiger partial charge >= 0.3 is 0 Å². The molecule has 3 rings (SSSR count). The number of carbonyl (C=O) groups is 1. The molecular weight excluding hydrogens is 288 g/mol. The average molecular weight is 316 g/mol. The third kappa shape index (κ3) is 4.47. The molecule has 1 amide bonds. The van der Waals surface area contributed by atoms with E-state index < -0.39 is 0 Å². The lowest BCUT2D eigenvalue weighted by Crippen LogP contribution is -2.36. The van der Waals surface area contributed by atoms with Crippen LogP contribution in [0.4, 0.5) is 11.4 Å². The van der Waals surface area contributed by atoms with Crippen molar-refractivity contribution in [2.75, 3.05) is 23.3 Å². The molecule has 0 radical (unpaired) electrons. The Bertz CT molecular complexity index is 518. The smallest absolute Gasteiger partial charge is 0.224 e. The van der Waals surface area contributed by atoms with Crippen molar-refractivity contribution in [1.29, 1.82) is 0 Å². The Kier molecular flexibility index (Phi) is 5.55. The van der Waals surface area contributed by atoms with Crippen LogP contribution in [0.2, 0.25) is 0 Å². The molecule has 1 aromatic rings. The fourth-order valence-electron chi connectivity index (χ4n) is 3.82. The first kappa shape index (κ1) is 16.3. The maximum Gasteiger partial charge on any atom is 0.224 e. The molecule has 0 bridgehead atoms. The van der Waals surface area contributed by atoms with Crippen molar-refractivity contribution >= 4 is 17.3 Å². The predicted molar refractivity (Wildman–Crippen MR) is 93.7 cm³/mol. The second kappa shape index (κ2) is 7.82. The molecule has 2 fully saturated rings. The van der Waals surface area contributed by atoms with Crippen LogP contribution in [0.5, 0.6) is 0 Å². The van der Waals surface area contributed by atoms with E-state index in [9.17, 15) is 9.90 Å². The minimum absolute atomic E-state index is 0.140. The summed E-state index contributed by atoms with van der Waals surface area (Å²) >= 11 is 0. The second-order valence-electron chi connectivity index (χ2n) is 6.99. The Morgan fingerprint density at radius 2 is 1.78 bits per heavy atom. The molecule has 0 atom stereocenters. The molecule has 126 valence electrons. The van der Waals surface area contributed by atoms with Gasteiger partial charge in [-0.2, -0.15) is 0 Å². The first-order valence-corrected chi connectivity index (χ1v) is 9.04. The highest BCUT2D eigenvalue weighted by atomic mass is 16.3. The summed E-state index contributed by atoms with van der Waals surface area (Å²) in [5, 5.41) is 12.8. The lowest BCUT2D eigenvalue weighted by molar-refractivity contribution is -0.117. The van der Waals surface area contributed by atoms with Crippen molar-refractivity contribution in [3.05, 3.63) is 24.3 Å². The van der Waals surface area contributed by atoms with Crippen molar-refractivity contribution in [3.63, 3.8) is 0 Å². The van der Waals surface area contributed by atoms with Gasteiger partial charge in [0.05, 0.1) is 17.5 Å². The number of benzene rings is 1. The van der Waals surface area contributed by atoms with Crippen molar-refractivity contribution in [2.24, 2.45) is 5.92 Å². The van der Waals surface area contributed by atoms with Gasteiger partial charge < -0.3 is 15.3 Å². The molecule has 1 aliphatic heterocycles. The van der Waals surface area contributed by atoms with Gasteiger partial charge in [0.1, 0.15) is 0 Å². The molecule has 1 aliphatic carbocycles. The summed E-state index contributed by atoms with van der Waals surface area (Å²) in [6, 6.07) is 8.03. The number of amides is 1. The Hall–Kier alpha value is -1.55. The monoisotopic (exact) mass is 316 g/mol. The molecule has 0 unspecified atom stereocenters. The van der Waals surface area contributed by atoms with Gasteiger partial charge in [0.15, 0.2) is 0 Å². The van der Waals surface area contributed by atoms with Crippen LogP contribution in [0.25, 0.3) is 0 Å². The quantitative estimate of drug-likeness (QED) is 0.893. The number of rotatable bonds is 4. The van der Waals surface area contributed by atoms with Crippen LogP contribution in [-0.4, -0.2) is 30.2 Å². The van der Waals surface area contributed by atoms with E-state index in [0.29, 0.717) is 12.3 Å². The van der Waals surface area contributed by atoms with Crippen LogP contribution < -0.4 is 10.2 Å². The van der Waals surface area contributed by atoms with Crippen LogP contribution in [0.15, 0.2) is 24.3 Å². The zero-order chi connectivity index (χ0) is 16.1. The lowest BCUT2D eigenvalue weighted by Gasteiger charge is -2.33. The molecule has 4 heteroatoms. The SMILES string of the molecule is O=C(CC1CCCCC1)Nc1ccccc1N1CCC(O)CC1. The second-order valence-corrected chi connectivity index (χ2v) is 6.99. The van der Waals surface area contributed by atoms with E-state index in [1.165, 1.54) is 32.1 Å². The molecule has 23 heavy (non-hydrogen) atoms. The standard InChI is InChI=1S/C19H28N2O2/c22-16-10-12-21(13-11-16)18-9-5-4-8-17(18)20-19(23)14-15-6-2-1-3-7-15/h4-5,8-9,15-16,22H,1-3,6-7,10-14H2,(H,20,23). The number of anilines is 2. The Balaban J connectivity index is 1.62.